The molecule has 5 heteroatoms. The lowest BCUT2D eigenvalue weighted by Crippen LogP contribution is -2.39. The van der Waals surface area contributed by atoms with Crippen molar-refractivity contribution in [2.75, 3.05) is 18.5 Å². The first-order valence-electron chi connectivity index (χ1n) is 7.71. The van der Waals surface area contributed by atoms with E-state index in [9.17, 15) is 5.26 Å². The summed E-state index contributed by atoms with van der Waals surface area (Å²) in [5.74, 6) is -0.941. The molecule has 1 heterocycles. The molecule has 1 fully saturated rings. The molecule has 0 aromatic heterocycles. The summed E-state index contributed by atoms with van der Waals surface area (Å²) in [5, 5.41) is 11.1. The minimum absolute atomic E-state index is 0.396. The maximum atomic E-state index is 9.98. The van der Waals surface area contributed by atoms with Gasteiger partial charge in [0.1, 0.15) is 0 Å². The van der Waals surface area contributed by atoms with Gasteiger partial charge in [-0.2, -0.15) is 5.26 Å². The van der Waals surface area contributed by atoms with Crippen LogP contribution in [0.2, 0.25) is 5.02 Å². The molecule has 1 unspecified atom stereocenters. The molecule has 24 heavy (non-hydrogen) atoms. The zero-order valence-corrected chi connectivity index (χ0v) is 15.4. The smallest absolute Gasteiger partial charge is 0.196 e. The van der Waals surface area contributed by atoms with Crippen molar-refractivity contribution in [2.24, 2.45) is 0 Å². The topological polar surface area (TPSA) is 42.2 Å². The number of halogens is 2. The fourth-order valence-corrected chi connectivity index (χ4v) is 3.82. The predicted molar refractivity (Wildman–Crippen MR) is 97.2 cm³/mol. The fourth-order valence-electron chi connectivity index (χ4n) is 3.04. The molecule has 3 nitrogen and oxygen atoms in total. The second-order valence-corrected chi connectivity index (χ2v) is 6.82. The van der Waals surface area contributed by atoms with Crippen LogP contribution < -0.4 is 0 Å². The van der Waals surface area contributed by atoms with Crippen LogP contribution in [0.25, 0.3) is 0 Å². The van der Waals surface area contributed by atoms with Crippen molar-refractivity contribution in [1.29, 1.82) is 5.26 Å². The molecule has 0 bridgehead atoms. The van der Waals surface area contributed by atoms with Crippen LogP contribution in [0, 0.1) is 11.3 Å². The van der Waals surface area contributed by atoms with Gasteiger partial charge in [-0.1, -0.05) is 70.0 Å². The van der Waals surface area contributed by atoms with Gasteiger partial charge in [-0.25, -0.2) is 0 Å². The minimum Gasteiger partial charge on any atom is -0.343 e. The highest BCUT2D eigenvalue weighted by molar-refractivity contribution is 9.09. The van der Waals surface area contributed by atoms with Crippen LogP contribution in [0.5, 0.6) is 0 Å². The largest absolute Gasteiger partial charge is 0.343 e. The third-order valence-electron chi connectivity index (χ3n) is 4.34. The molecule has 0 saturated carbocycles. The molecule has 1 saturated heterocycles. The maximum absolute atomic E-state index is 9.98. The van der Waals surface area contributed by atoms with E-state index in [4.69, 9.17) is 21.1 Å². The van der Waals surface area contributed by atoms with Gasteiger partial charge in [-0.3, -0.25) is 0 Å². The van der Waals surface area contributed by atoms with Crippen molar-refractivity contribution < 1.29 is 9.47 Å². The van der Waals surface area contributed by atoms with Crippen LogP contribution in [0.3, 0.4) is 0 Å². The minimum atomic E-state index is -0.941. The van der Waals surface area contributed by atoms with Crippen LogP contribution in [-0.2, 0) is 20.7 Å². The first-order chi connectivity index (χ1) is 11.6. The van der Waals surface area contributed by atoms with Crippen molar-refractivity contribution in [3.05, 3.63) is 70.7 Å². The summed E-state index contributed by atoms with van der Waals surface area (Å²) in [6, 6.07) is 19.7. The van der Waals surface area contributed by atoms with Gasteiger partial charge >= 0.3 is 0 Å². The number of hydrogen-bond donors (Lipinski definition) is 0. The predicted octanol–water partition coefficient (Wildman–Crippen LogP) is 4.79. The quantitative estimate of drug-likeness (QED) is 0.671. The molecule has 2 aromatic rings. The zero-order chi connectivity index (χ0) is 17.0. The number of hydrogen-bond acceptors (Lipinski definition) is 3. The summed E-state index contributed by atoms with van der Waals surface area (Å²) < 4.78 is 12.0. The Labute approximate surface area is 155 Å². The second kappa shape index (κ2) is 7.25. The van der Waals surface area contributed by atoms with Gasteiger partial charge in [0.2, 0.25) is 0 Å². The van der Waals surface area contributed by atoms with E-state index in [-0.39, 0.29) is 0 Å². The number of rotatable bonds is 5. The Morgan fingerprint density at radius 1 is 1.08 bits per heavy atom. The first-order valence-corrected chi connectivity index (χ1v) is 9.21. The molecular weight excluding hydrogens is 390 g/mol. The molecule has 0 aliphatic carbocycles. The maximum Gasteiger partial charge on any atom is 0.196 e. The first kappa shape index (κ1) is 17.4. The average molecular weight is 407 g/mol. The summed E-state index contributed by atoms with van der Waals surface area (Å²) >= 11 is 9.54. The SMILES string of the molecule is N#CC(CBr)(CC1(c2ccc(Cl)cc2)OCCO1)c1ccccc1. The monoisotopic (exact) mass is 405 g/mol. The highest BCUT2D eigenvalue weighted by Crippen LogP contribution is 2.44. The lowest BCUT2D eigenvalue weighted by atomic mass is 9.76. The van der Waals surface area contributed by atoms with Gasteiger partial charge in [0.25, 0.3) is 0 Å². The molecule has 3 rings (SSSR count). The van der Waals surface area contributed by atoms with E-state index in [1.54, 1.807) is 0 Å². The number of ether oxygens (including phenoxy) is 2. The highest BCUT2D eigenvalue weighted by Gasteiger charge is 2.47. The van der Waals surface area contributed by atoms with Gasteiger partial charge in [-0.05, 0) is 17.7 Å². The molecule has 1 aliphatic rings. The van der Waals surface area contributed by atoms with Gasteiger partial charge in [0, 0.05) is 22.3 Å². The molecule has 2 aromatic carbocycles. The summed E-state index contributed by atoms with van der Waals surface area (Å²) in [5.41, 5.74) is 1.06. The van der Waals surface area contributed by atoms with E-state index >= 15 is 0 Å². The van der Waals surface area contributed by atoms with Crippen molar-refractivity contribution in [3.8, 4) is 6.07 Å². The van der Waals surface area contributed by atoms with E-state index in [1.165, 1.54) is 0 Å². The zero-order valence-electron chi connectivity index (χ0n) is 13.0. The standard InChI is InChI=1S/C19H17BrClNO2/c20-13-18(14-22,15-4-2-1-3-5-15)12-19(23-10-11-24-19)16-6-8-17(21)9-7-16/h1-9H,10-13H2. The third-order valence-corrected chi connectivity index (χ3v) is 5.55. The summed E-state index contributed by atoms with van der Waals surface area (Å²) in [6.07, 6.45) is 0.396. The van der Waals surface area contributed by atoms with Gasteiger partial charge in [0.15, 0.2) is 5.79 Å². The van der Waals surface area contributed by atoms with Crippen molar-refractivity contribution in [2.45, 2.75) is 17.6 Å². The van der Waals surface area contributed by atoms with Gasteiger partial charge < -0.3 is 9.47 Å². The van der Waals surface area contributed by atoms with Gasteiger partial charge in [0.05, 0.1) is 24.7 Å². The van der Waals surface area contributed by atoms with Crippen LogP contribution in [0.4, 0.5) is 0 Å². The normalized spacial score (nSPS) is 18.7. The summed E-state index contributed by atoms with van der Waals surface area (Å²) in [7, 11) is 0. The molecule has 0 N–H and O–H groups in total. The number of nitrogens with zero attached hydrogens (tertiary/aromatic N) is 1. The molecule has 0 spiro atoms. The second-order valence-electron chi connectivity index (χ2n) is 5.83. The van der Waals surface area contributed by atoms with E-state index in [2.05, 4.69) is 22.0 Å². The lowest BCUT2D eigenvalue weighted by molar-refractivity contribution is -0.177. The van der Waals surface area contributed by atoms with Crippen LogP contribution >= 0.6 is 27.5 Å². The number of alkyl halides is 1. The third kappa shape index (κ3) is 3.22. The Hall–Kier alpha value is -1.38. The summed E-state index contributed by atoms with van der Waals surface area (Å²) in [6.45, 7) is 1.00. The van der Waals surface area contributed by atoms with Crippen molar-refractivity contribution in [1.82, 2.24) is 0 Å². The summed E-state index contributed by atoms with van der Waals surface area (Å²) in [4.78, 5) is 0. The molecule has 0 amide bonds. The molecule has 0 radical (unpaired) electrons. The van der Waals surface area contributed by atoms with E-state index in [0.29, 0.717) is 30.0 Å². The Morgan fingerprint density at radius 2 is 1.71 bits per heavy atom. The highest BCUT2D eigenvalue weighted by atomic mass is 79.9. The Bertz CT molecular complexity index is 723. The van der Waals surface area contributed by atoms with Crippen LogP contribution in [-0.4, -0.2) is 18.5 Å². The molecule has 1 atom stereocenters. The average Bonchev–Trinajstić information content (AvgIpc) is 3.11. The fraction of sp³-hybridized carbons (Fsp3) is 0.316. The Balaban J connectivity index is 2.03. The lowest BCUT2D eigenvalue weighted by Gasteiger charge is -2.36. The number of benzene rings is 2. The Morgan fingerprint density at radius 3 is 2.25 bits per heavy atom. The van der Waals surface area contributed by atoms with Crippen molar-refractivity contribution in [3.63, 3.8) is 0 Å². The molecule has 1 aliphatic heterocycles. The number of nitriles is 1. The van der Waals surface area contributed by atoms with E-state index in [0.717, 1.165) is 11.1 Å². The van der Waals surface area contributed by atoms with Crippen LogP contribution in [0.1, 0.15) is 17.5 Å². The molecule has 124 valence electrons. The van der Waals surface area contributed by atoms with Crippen molar-refractivity contribution >= 4 is 27.5 Å². The molecular formula is C19H17BrClNO2. The van der Waals surface area contributed by atoms with E-state index < -0.39 is 11.2 Å². The van der Waals surface area contributed by atoms with Gasteiger partial charge in [-0.15, -0.1) is 0 Å². The van der Waals surface area contributed by atoms with Crippen LogP contribution in [0.15, 0.2) is 54.6 Å². The van der Waals surface area contributed by atoms with E-state index in [1.807, 2.05) is 54.6 Å². The Kier molecular flexibility index (Phi) is 5.27.